The van der Waals surface area contributed by atoms with Gasteiger partial charge in [-0.05, 0) is 93.8 Å². The Hall–Kier alpha value is -2.68. The average Bonchev–Trinajstić information content (AvgIpc) is 3.39. The van der Waals surface area contributed by atoms with Crippen LogP contribution in [0.5, 0.6) is 0 Å². The van der Waals surface area contributed by atoms with Crippen LogP contribution in [0.4, 0.5) is 9.18 Å². The minimum Gasteiger partial charge on any atom is -0.465 e. The lowest BCUT2D eigenvalue weighted by atomic mass is 9.72. The molecule has 212 valence electrons. The molecule has 2 aromatic rings. The van der Waals surface area contributed by atoms with Crippen LogP contribution in [0.1, 0.15) is 56.1 Å². The summed E-state index contributed by atoms with van der Waals surface area (Å²) in [6.07, 6.45) is 3.62. The Balaban J connectivity index is 1.69. The Morgan fingerprint density at radius 3 is 2.69 bits per heavy atom. The molecule has 0 radical (unpaired) electrons. The zero-order valence-electron chi connectivity index (χ0n) is 22.7. The van der Waals surface area contributed by atoms with Crippen LogP contribution in [0.15, 0.2) is 36.4 Å². The number of nitrogens with one attached hydrogen (secondary N) is 2. The number of halogens is 2. The van der Waals surface area contributed by atoms with Gasteiger partial charge in [0.05, 0.1) is 5.60 Å². The van der Waals surface area contributed by atoms with Crippen molar-refractivity contribution in [2.24, 2.45) is 11.8 Å². The second-order valence-corrected chi connectivity index (χ2v) is 11.5. The number of rotatable bonds is 9. The first-order chi connectivity index (χ1) is 18.6. The SMILES string of the molecule is CN[C@H]1CC[C@@H](C(=O)N2CCC[C@@H]([C@@](O)(CCCNC(=O)O)c3cccc(Cl)c3-c3cc(C)cc(F)c3)C2)C1. The topological polar surface area (TPSA) is 102 Å². The predicted octanol–water partition coefficient (Wildman–Crippen LogP) is 5.32. The van der Waals surface area contributed by atoms with Crippen molar-refractivity contribution in [1.82, 2.24) is 15.5 Å². The van der Waals surface area contributed by atoms with Gasteiger partial charge in [-0.15, -0.1) is 0 Å². The summed E-state index contributed by atoms with van der Waals surface area (Å²) in [7, 11) is 1.93. The second kappa shape index (κ2) is 12.7. The number of hydrogen-bond donors (Lipinski definition) is 4. The highest BCUT2D eigenvalue weighted by molar-refractivity contribution is 6.33. The smallest absolute Gasteiger partial charge is 0.404 e. The molecule has 1 saturated heterocycles. The van der Waals surface area contributed by atoms with Gasteiger partial charge in [-0.25, -0.2) is 9.18 Å². The Kier molecular flexibility index (Phi) is 9.51. The zero-order valence-corrected chi connectivity index (χ0v) is 23.4. The Labute approximate surface area is 234 Å². The summed E-state index contributed by atoms with van der Waals surface area (Å²) < 4.78 is 14.5. The van der Waals surface area contributed by atoms with Gasteiger partial charge in [-0.3, -0.25) is 4.79 Å². The average molecular weight is 560 g/mol. The maximum atomic E-state index is 14.5. The maximum Gasteiger partial charge on any atom is 0.404 e. The number of aliphatic hydroxyl groups is 1. The molecule has 39 heavy (non-hydrogen) atoms. The lowest BCUT2D eigenvalue weighted by Crippen LogP contribution is -2.49. The second-order valence-electron chi connectivity index (χ2n) is 11.1. The van der Waals surface area contributed by atoms with E-state index >= 15 is 0 Å². The van der Waals surface area contributed by atoms with Crippen molar-refractivity contribution >= 4 is 23.6 Å². The Morgan fingerprint density at radius 1 is 1.21 bits per heavy atom. The largest absolute Gasteiger partial charge is 0.465 e. The highest BCUT2D eigenvalue weighted by Crippen LogP contribution is 2.46. The third kappa shape index (κ3) is 6.73. The van der Waals surface area contributed by atoms with E-state index < -0.39 is 17.5 Å². The van der Waals surface area contributed by atoms with Gasteiger partial charge in [0.2, 0.25) is 5.91 Å². The molecule has 0 bridgehead atoms. The van der Waals surface area contributed by atoms with E-state index in [1.807, 2.05) is 24.1 Å². The molecule has 0 spiro atoms. The lowest BCUT2D eigenvalue weighted by Gasteiger charge is -2.44. The fourth-order valence-electron chi connectivity index (χ4n) is 6.46. The summed E-state index contributed by atoms with van der Waals surface area (Å²) in [6.45, 7) is 3.03. The number of hydrogen-bond acceptors (Lipinski definition) is 4. The normalized spacial score (nSPS) is 22.9. The summed E-state index contributed by atoms with van der Waals surface area (Å²) in [5.74, 6) is -0.574. The molecular formula is C30H39ClFN3O4. The molecule has 2 aromatic carbocycles. The minimum absolute atomic E-state index is 0.0222. The van der Waals surface area contributed by atoms with Crippen LogP contribution in [0.25, 0.3) is 11.1 Å². The van der Waals surface area contributed by atoms with Crippen LogP contribution in [-0.4, -0.2) is 59.8 Å². The number of amides is 2. The third-order valence-corrected chi connectivity index (χ3v) is 8.74. The number of nitrogens with zero attached hydrogens (tertiary/aromatic N) is 1. The van der Waals surface area contributed by atoms with Gasteiger partial charge in [0.25, 0.3) is 0 Å². The first-order valence-electron chi connectivity index (χ1n) is 13.8. The number of benzene rings is 2. The van der Waals surface area contributed by atoms with Crippen molar-refractivity contribution < 1.29 is 24.2 Å². The molecule has 2 aliphatic rings. The first-order valence-corrected chi connectivity index (χ1v) is 14.2. The number of carbonyl (C=O) groups excluding carboxylic acids is 1. The molecule has 1 heterocycles. The standard InChI is InChI=1S/C30H39ClFN3O4/c1-19-14-21(16-23(32)15-19)27-25(7-3-8-26(27)31)30(39,11-5-12-34-29(37)38)22-6-4-13-35(18-22)28(36)20-9-10-24(17-20)33-2/h3,7-8,14-16,20,22,24,33-34,39H,4-6,9-13,17-18H2,1-2H3,(H,37,38)/t20-,22-,24+,30+/m1/s1. The van der Waals surface area contributed by atoms with E-state index in [2.05, 4.69) is 10.6 Å². The van der Waals surface area contributed by atoms with Gasteiger partial charge in [0.15, 0.2) is 0 Å². The number of likely N-dealkylation sites (tertiary alicyclic amines) is 1. The molecule has 0 unspecified atom stereocenters. The molecule has 4 rings (SSSR count). The van der Waals surface area contributed by atoms with Crippen molar-refractivity contribution in [3.05, 3.63) is 58.4 Å². The monoisotopic (exact) mass is 559 g/mol. The van der Waals surface area contributed by atoms with Gasteiger partial charge in [0, 0.05) is 48.1 Å². The van der Waals surface area contributed by atoms with E-state index in [1.54, 1.807) is 19.1 Å². The minimum atomic E-state index is -1.41. The van der Waals surface area contributed by atoms with Crippen molar-refractivity contribution in [2.75, 3.05) is 26.7 Å². The molecule has 4 atom stereocenters. The van der Waals surface area contributed by atoms with E-state index in [9.17, 15) is 19.1 Å². The summed E-state index contributed by atoms with van der Waals surface area (Å²) >= 11 is 6.71. The van der Waals surface area contributed by atoms with Crippen molar-refractivity contribution in [1.29, 1.82) is 0 Å². The van der Waals surface area contributed by atoms with Gasteiger partial charge in [-0.2, -0.15) is 0 Å². The molecule has 1 aliphatic heterocycles. The molecule has 2 amide bonds. The van der Waals surface area contributed by atoms with Crippen LogP contribution >= 0.6 is 11.6 Å². The molecule has 0 aromatic heterocycles. The number of carbonyl (C=O) groups is 2. The summed E-state index contributed by atoms with van der Waals surface area (Å²) in [5.41, 5.74) is 1.03. The van der Waals surface area contributed by atoms with Gasteiger partial charge in [-0.1, -0.05) is 29.8 Å². The predicted molar refractivity (Wildman–Crippen MR) is 150 cm³/mol. The van der Waals surface area contributed by atoms with Crippen LogP contribution in [0.3, 0.4) is 0 Å². The van der Waals surface area contributed by atoms with E-state index in [0.29, 0.717) is 53.7 Å². The molecule has 1 aliphatic carbocycles. The highest BCUT2D eigenvalue weighted by atomic mass is 35.5. The Bertz CT molecular complexity index is 1170. The molecule has 9 heteroatoms. The van der Waals surface area contributed by atoms with Crippen molar-refractivity contribution in [3.8, 4) is 11.1 Å². The fraction of sp³-hybridized carbons (Fsp3) is 0.533. The maximum absolute atomic E-state index is 14.5. The fourth-order valence-corrected chi connectivity index (χ4v) is 6.75. The van der Waals surface area contributed by atoms with E-state index in [-0.39, 0.29) is 30.7 Å². The first kappa shape index (κ1) is 29.3. The Morgan fingerprint density at radius 2 is 2.00 bits per heavy atom. The number of carboxylic acid groups (broad SMARTS) is 1. The van der Waals surface area contributed by atoms with E-state index in [0.717, 1.165) is 31.2 Å². The van der Waals surface area contributed by atoms with Crippen molar-refractivity contribution in [2.45, 2.75) is 63.5 Å². The quantitative estimate of drug-likeness (QED) is 0.312. The van der Waals surface area contributed by atoms with Crippen LogP contribution in [-0.2, 0) is 10.4 Å². The van der Waals surface area contributed by atoms with Crippen LogP contribution in [0.2, 0.25) is 5.02 Å². The van der Waals surface area contributed by atoms with Gasteiger partial charge >= 0.3 is 6.09 Å². The van der Waals surface area contributed by atoms with Gasteiger partial charge in [0.1, 0.15) is 5.82 Å². The summed E-state index contributed by atoms with van der Waals surface area (Å²) in [4.78, 5) is 26.5. The molecular weight excluding hydrogens is 521 g/mol. The van der Waals surface area contributed by atoms with Gasteiger partial charge < -0.3 is 25.7 Å². The highest BCUT2D eigenvalue weighted by Gasteiger charge is 2.44. The molecule has 1 saturated carbocycles. The van der Waals surface area contributed by atoms with Crippen LogP contribution < -0.4 is 10.6 Å². The molecule has 2 fully saturated rings. The van der Waals surface area contributed by atoms with Crippen molar-refractivity contribution in [3.63, 3.8) is 0 Å². The summed E-state index contributed by atoms with van der Waals surface area (Å²) in [5, 5.41) is 27.7. The third-order valence-electron chi connectivity index (χ3n) is 8.42. The number of piperidine rings is 1. The summed E-state index contributed by atoms with van der Waals surface area (Å²) in [6, 6.07) is 10.4. The zero-order chi connectivity index (χ0) is 28.2. The number of aryl methyl sites for hydroxylation is 1. The molecule has 7 nitrogen and oxygen atoms in total. The van der Waals surface area contributed by atoms with E-state index in [1.165, 1.54) is 12.1 Å². The molecule has 4 N–H and O–H groups in total. The van der Waals surface area contributed by atoms with E-state index in [4.69, 9.17) is 16.7 Å². The lowest BCUT2D eigenvalue weighted by molar-refractivity contribution is -0.140. The van der Waals surface area contributed by atoms with Crippen LogP contribution in [0, 0.1) is 24.6 Å².